The second-order valence-electron chi connectivity index (χ2n) is 6.35. The molecule has 0 atom stereocenters. The molecule has 1 aliphatic heterocycles. The van der Waals surface area contributed by atoms with Crippen molar-refractivity contribution in [3.05, 3.63) is 47.5 Å². The van der Waals surface area contributed by atoms with Gasteiger partial charge in [0.05, 0.1) is 0 Å². The second-order valence-corrected chi connectivity index (χ2v) is 6.35. The quantitative estimate of drug-likeness (QED) is 0.778. The molecule has 3 heteroatoms. The third kappa shape index (κ3) is 3.17. The Morgan fingerprint density at radius 2 is 1.95 bits per heavy atom. The molecule has 0 radical (unpaired) electrons. The van der Waals surface area contributed by atoms with Crippen LogP contribution in [-0.4, -0.2) is 24.1 Å². The molecule has 1 saturated carbocycles. The highest BCUT2D eigenvalue weighted by atomic mass is 16.6. The van der Waals surface area contributed by atoms with Crippen molar-refractivity contribution >= 4 is 6.09 Å². The number of hydrogen-bond acceptors (Lipinski definition) is 2. The number of allylic oxidation sites excluding steroid dienone is 2. The molecule has 0 bridgehead atoms. The highest BCUT2D eigenvalue weighted by Crippen LogP contribution is 2.52. The van der Waals surface area contributed by atoms with E-state index in [1.165, 1.54) is 5.57 Å². The van der Waals surface area contributed by atoms with Gasteiger partial charge in [0.2, 0.25) is 0 Å². The third-order valence-corrected chi connectivity index (χ3v) is 4.78. The summed E-state index contributed by atoms with van der Waals surface area (Å²) in [7, 11) is 0. The van der Waals surface area contributed by atoms with Gasteiger partial charge in [0.25, 0.3) is 0 Å². The molecule has 1 aliphatic carbocycles. The van der Waals surface area contributed by atoms with E-state index in [0.29, 0.717) is 12.0 Å². The van der Waals surface area contributed by atoms with Crippen LogP contribution in [0, 0.1) is 17.8 Å². The molecular formula is C19H21NO2. The smallest absolute Gasteiger partial charge is 0.410 e. The highest BCUT2D eigenvalue weighted by molar-refractivity contribution is 5.67. The summed E-state index contributed by atoms with van der Waals surface area (Å²) in [5, 5.41) is 0. The molecule has 0 unspecified atom stereocenters. The number of rotatable bonds is 2. The van der Waals surface area contributed by atoms with Crippen LogP contribution >= 0.6 is 0 Å². The number of benzene rings is 1. The molecule has 0 aromatic heterocycles. The van der Waals surface area contributed by atoms with Crippen LogP contribution in [0.2, 0.25) is 0 Å². The average molecular weight is 295 g/mol. The molecule has 1 aromatic rings. The number of carbonyl (C=O) groups excluding carboxylic acids is 1. The normalized spacial score (nSPS) is 19.2. The van der Waals surface area contributed by atoms with E-state index in [-0.39, 0.29) is 6.09 Å². The summed E-state index contributed by atoms with van der Waals surface area (Å²) < 4.78 is 5.40. The molecular weight excluding hydrogens is 274 g/mol. The van der Waals surface area contributed by atoms with Gasteiger partial charge in [0.15, 0.2) is 0 Å². The van der Waals surface area contributed by atoms with Gasteiger partial charge in [-0.05, 0) is 42.7 Å². The first-order valence-corrected chi connectivity index (χ1v) is 7.80. The second kappa shape index (κ2) is 6.27. The molecule has 1 spiro atoms. The van der Waals surface area contributed by atoms with E-state index in [1.807, 2.05) is 41.3 Å². The van der Waals surface area contributed by atoms with Crippen molar-refractivity contribution in [2.45, 2.75) is 32.3 Å². The molecule has 3 nitrogen and oxygen atoms in total. The maximum Gasteiger partial charge on any atom is 0.410 e. The van der Waals surface area contributed by atoms with Crippen LogP contribution in [0.15, 0.2) is 42.0 Å². The molecule has 1 aromatic carbocycles. The van der Waals surface area contributed by atoms with Crippen molar-refractivity contribution in [1.82, 2.24) is 4.90 Å². The first-order chi connectivity index (χ1) is 10.7. The average Bonchev–Trinajstić information content (AvgIpc) is 2.53. The SMILES string of the molecule is C#CC=C1CC2(CCN(C(=O)OCc3ccccc3)CC2)C1. The number of ether oxygens (including phenoxy) is 1. The maximum atomic E-state index is 12.1. The van der Waals surface area contributed by atoms with Crippen molar-refractivity contribution in [2.75, 3.05) is 13.1 Å². The van der Waals surface area contributed by atoms with Crippen LogP contribution in [0.4, 0.5) is 4.79 Å². The topological polar surface area (TPSA) is 29.5 Å². The largest absolute Gasteiger partial charge is 0.445 e. The van der Waals surface area contributed by atoms with Crippen molar-refractivity contribution in [3.63, 3.8) is 0 Å². The van der Waals surface area contributed by atoms with Crippen LogP contribution in [-0.2, 0) is 11.3 Å². The number of likely N-dealkylation sites (tertiary alicyclic amines) is 1. The Kier molecular flexibility index (Phi) is 4.20. The number of hydrogen-bond donors (Lipinski definition) is 0. The number of terminal acetylenes is 1. The van der Waals surface area contributed by atoms with E-state index < -0.39 is 0 Å². The fourth-order valence-corrected chi connectivity index (χ4v) is 3.46. The Hall–Kier alpha value is -2.21. The number of piperidine rings is 1. The fraction of sp³-hybridized carbons (Fsp3) is 0.421. The van der Waals surface area contributed by atoms with Gasteiger partial charge in [-0.2, -0.15) is 0 Å². The van der Waals surface area contributed by atoms with Gasteiger partial charge in [-0.1, -0.05) is 41.8 Å². The van der Waals surface area contributed by atoms with E-state index in [2.05, 4.69) is 5.92 Å². The summed E-state index contributed by atoms with van der Waals surface area (Å²) in [5.74, 6) is 2.60. The molecule has 1 heterocycles. The predicted molar refractivity (Wildman–Crippen MR) is 86.0 cm³/mol. The van der Waals surface area contributed by atoms with Crippen LogP contribution in [0.3, 0.4) is 0 Å². The lowest BCUT2D eigenvalue weighted by Crippen LogP contribution is -2.46. The zero-order valence-electron chi connectivity index (χ0n) is 12.8. The van der Waals surface area contributed by atoms with Gasteiger partial charge in [-0.3, -0.25) is 0 Å². The minimum Gasteiger partial charge on any atom is -0.445 e. The van der Waals surface area contributed by atoms with Gasteiger partial charge in [-0.25, -0.2) is 4.79 Å². The van der Waals surface area contributed by atoms with E-state index in [0.717, 1.165) is 44.3 Å². The van der Waals surface area contributed by atoms with Crippen LogP contribution in [0.1, 0.15) is 31.2 Å². The van der Waals surface area contributed by atoms with Gasteiger partial charge < -0.3 is 9.64 Å². The van der Waals surface area contributed by atoms with Crippen LogP contribution < -0.4 is 0 Å². The summed E-state index contributed by atoms with van der Waals surface area (Å²) in [6.45, 7) is 1.92. The van der Waals surface area contributed by atoms with Gasteiger partial charge >= 0.3 is 6.09 Å². The number of carbonyl (C=O) groups is 1. The summed E-state index contributed by atoms with van der Waals surface area (Å²) in [6.07, 6.45) is 11.3. The van der Waals surface area contributed by atoms with Gasteiger partial charge in [0.1, 0.15) is 6.61 Å². The molecule has 22 heavy (non-hydrogen) atoms. The summed E-state index contributed by atoms with van der Waals surface area (Å²) >= 11 is 0. The molecule has 3 rings (SSSR count). The highest BCUT2D eigenvalue weighted by Gasteiger charge is 2.43. The Morgan fingerprint density at radius 3 is 2.59 bits per heavy atom. The molecule has 1 saturated heterocycles. The van der Waals surface area contributed by atoms with Gasteiger partial charge in [0, 0.05) is 13.1 Å². The summed E-state index contributed by atoms with van der Waals surface area (Å²) in [5.41, 5.74) is 2.79. The van der Waals surface area contributed by atoms with Crippen LogP contribution in [0.5, 0.6) is 0 Å². The Balaban J connectivity index is 1.45. The third-order valence-electron chi connectivity index (χ3n) is 4.78. The van der Waals surface area contributed by atoms with Crippen molar-refractivity contribution < 1.29 is 9.53 Å². The Morgan fingerprint density at radius 1 is 1.27 bits per heavy atom. The summed E-state index contributed by atoms with van der Waals surface area (Å²) in [4.78, 5) is 14.0. The van der Waals surface area contributed by atoms with E-state index in [1.54, 1.807) is 0 Å². The monoisotopic (exact) mass is 295 g/mol. The van der Waals surface area contributed by atoms with Crippen molar-refractivity contribution in [3.8, 4) is 12.3 Å². The minimum atomic E-state index is -0.197. The van der Waals surface area contributed by atoms with E-state index in [9.17, 15) is 4.79 Å². The first-order valence-electron chi connectivity index (χ1n) is 7.80. The lowest BCUT2D eigenvalue weighted by atomic mass is 9.60. The molecule has 2 aliphatic rings. The lowest BCUT2D eigenvalue weighted by Gasteiger charge is -2.49. The number of amides is 1. The van der Waals surface area contributed by atoms with E-state index in [4.69, 9.17) is 11.2 Å². The maximum absolute atomic E-state index is 12.1. The van der Waals surface area contributed by atoms with Crippen LogP contribution in [0.25, 0.3) is 0 Å². The van der Waals surface area contributed by atoms with E-state index >= 15 is 0 Å². The molecule has 0 N–H and O–H groups in total. The van der Waals surface area contributed by atoms with Crippen molar-refractivity contribution in [2.24, 2.45) is 5.41 Å². The standard InChI is InChI=1S/C19H21NO2/c1-2-6-17-13-19(14-17)9-11-20(12-10-19)18(21)22-15-16-7-4-3-5-8-16/h1,3-8H,9-15H2. The zero-order valence-corrected chi connectivity index (χ0v) is 12.8. The molecule has 1 amide bonds. The Labute approximate surface area is 132 Å². The number of nitrogens with zero attached hydrogens (tertiary/aromatic N) is 1. The Bertz CT molecular complexity index is 594. The van der Waals surface area contributed by atoms with Crippen molar-refractivity contribution in [1.29, 1.82) is 0 Å². The fourth-order valence-electron chi connectivity index (χ4n) is 3.46. The minimum absolute atomic E-state index is 0.197. The summed E-state index contributed by atoms with van der Waals surface area (Å²) in [6, 6.07) is 9.78. The molecule has 2 fully saturated rings. The molecule has 114 valence electrons. The first kappa shape index (κ1) is 14.7. The van der Waals surface area contributed by atoms with Gasteiger partial charge in [-0.15, -0.1) is 6.42 Å². The lowest BCUT2D eigenvalue weighted by molar-refractivity contribution is 0.0461. The zero-order chi connectivity index (χ0) is 15.4. The predicted octanol–water partition coefficient (Wildman–Crippen LogP) is 3.76.